The van der Waals surface area contributed by atoms with Gasteiger partial charge in [0.2, 0.25) is 0 Å². The van der Waals surface area contributed by atoms with Gasteiger partial charge in [-0.25, -0.2) is 12.8 Å². The quantitative estimate of drug-likeness (QED) is 0.602. The van der Waals surface area contributed by atoms with Crippen LogP contribution >= 0.6 is 0 Å². The maximum absolute atomic E-state index is 13.7. The molecule has 0 aliphatic rings. The van der Waals surface area contributed by atoms with Gasteiger partial charge in [-0.05, 0) is 61.0 Å². The van der Waals surface area contributed by atoms with Gasteiger partial charge in [0.25, 0.3) is 15.9 Å². The van der Waals surface area contributed by atoms with E-state index < -0.39 is 10.0 Å². The number of nitrogens with one attached hydrogen (secondary N) is 1. The number of halogens is 1. The summed E-state index contributed by atoms with van der Waals surface area (Å²) in [5, 5.41) is 2.68. The van der Waals surface area contributed by atoms with Gasteiger partial charge in [0.15, 0.2) is 0 Å². The molecule has 0 aromatic heterocycles. The molecule has 0 saturated heterocycles. The summed E-state index contributed by atoms with van der Waals surface area (Å²) >= 11 is 0. The van der Waals surface area contributed by atoms with Gasteiger partial charge >= 0.3 is 0 Å². The summed E-state index contributed by atoms with van der Waals surface area (Å²) in [5.74, 6) is -0.207. The van der Waals surface area contributed by atoms with Gasteiger partial charge in [-0.1, -0.05) is 18.2 Å². The lowest BCUT2D eigenvalue weighted by molar-refractivity contribution is 0.0950. The van der Waals surface area contributed by atoms with Crippen molar-refractivity contribution in [3.05, 3.63) is 89.2 Å². The molecule has 1 N–H and O–H groups in total. The fraction of sp³-hybridized carbons (Fsp3) is 0.174. The van der Waals surface area contributed by atoms with Crippen molar-refractivity contribution in [1.82, 2.24) is 5.32 Å². The highest BCUT2D eigenvalue weighted by molar-refractivity contribution is 7.92. The van der Waals surface area contributed by atoms with Crippen molar-refractivity contribution >= 4 is 21.6 Å². The van der Waals surface area contributed by atoms with Crippen LogP contribution in [0.2, 0.25) is 0 Å². The van der Waals surface area contributed by atoms with E-state index in [4.69, 9.17) is 4.74 Å². The molecule has 0 spiro atoms. The second kappa shape index (κ2) is 9.18. The van der Waals surface area contributed by atoms with Crippen LogP contribution in [0.15, 0.2) is 71.6 Å². The molecular formula is C23H23FN2O4S. The summed E-state index contributed by atoms with van der Waals surface area (Å²) < 4.78 is 45.9. The van der Waals surface area contributed by atoms with Crippen LogP contribution in [-0.2, 0) is 16.6 Å². The average molecular weight is 443 g/mol. The zero-order valence-corrected chi connectivity index (χ0v) is 18.2. The first-order chi connectivity index (χ1) is 14.7. The molecule has 0 saturated carbocycles. The van der Waals surface area contributed by atoms with Crippen molar-refractivity contribution in [3.63, 3.8) is 0 Å². The number of carbonyl (C=O) groups excluding carboxylic acids is 1. The molecule has 3 aromatic carbocycles. The molecule has 8 heteroatoms. The van der Waals surface area contributed by atoms with Gasteiger partial charge < -0.3 is 10.1 Å². The summed E-state index contributed by atoms with van der Waals surface area (Å²) in [4.78, 5) is 12.6. The number of hydrogen-bond donors (Lipinski definition) is 1. The number of rotatable bonds is 7. The van der Waals surface area contributed by atoms with Crippen LogP contribution in [-0.4, -0.2) is 28.5 Å². The van der Waals surface area contributed by atoms with Crippen molar-refractivity contribution in [2.75, 3.05) is 18.5 Å². The molecule has 6 nitrogen and oxygen atoms in total. The number of methoxy groups -OCH3 is 1. The topological polar surface area (TPSA) is 75.7 Å². The first-order valence-corrected chi connectivity index (χ1v) is 10.9. The maximum Gasteiger partial charge on any atom is 0.264 e. The van der Waals surface area contributed by atoms with Crippen LogP contribution in [0.5, 0.6) is 5.75 Å². The largest absolute Gasteiger partial charge is 0.497 e. The number of anilines is 1. The summed E-state index contributed by atoms with van der Waals surface area (Å²) in [5.41, 5.74) is 1.79. The number of benzene rings is 3. The van der Waals surface area contributed by atoms with E-state index >= 15 is 0 Å². The van der Waals surface area contributed by atoms with E-state index in [0.29, 0.717) is 28.1 Å². The zero-order chi connectivity index (χ0) is 22.6. The van der Waals surface area contributed by atoms with Crippen LogP contribution in [0.1, 0.15) is 21.5 Å². The molecule has 0 aliphatic heterocycles. The van der Waals surface area contributed by atoms with Crippen LogP contribution in [0, 0.1) is 12.7 Å². The van der Waals surface area contributed by atoms with Crippen LogP contribution in [0.3, 0.4) is 0 Å². The molecule has 0 bridgehead atoms. The number of ether oxygens (including phenoxy) is 1. The molecule has 3 rings (SSSR count). The Morgan fingerprint density at radius 2 is 1.74 bits per heavy atom. The third kappa shape index (κ3) is 4.86. The fourth-order valence-corrected chi connectivity index (χ4v) is 4.36. The van der Waals surface area contributed by atoms with Gasteiger partial charge in [-0.2, -0.15) is 0 Å². The minimum atomic E-state index is -3.79. The Hall–Kier alpha value is -3.39. The Kier molecular flexibility index (Phi) is 6.60. The predicted molar refractivity (Wildman–Crippen MR) is 117 cm³/mol. The molecule has 1 amide bonds. The van der Waals surface area contributed by atoms with Crippen molar-refractivity contribution < 1.29 is 22.3 Å². The van der Waals surface area contributed by atoms with E-state index in [-0.39, 0.29) is 23.2 Å². The molecule has 0 fully saturated rings. The van der Waals surface area contributed by atoms with Gasteiger partial charge in [-0.3, -0.25) is 9.10 Å². The van der Waals surface area contributed by atoms with Crippen molar-refractivity contribution in [2.45, 2.75) is 18.4 Å². The molecule has 0 unspecified atom stereocenters. The first kappa shape index (κ1) is 22.3. The summed E-state index contributed by atoms with van der Waals surface area (Å²) in [6, 6.07) is 17.0. The summed E-state index contributed by atoms with van der Waals surface area (Å²) in [7, 11) is -0.823. The van der Waals surface area contributed by atoms with Gasteiger partial charge in [0.05, 0.1) is 17.7 Å². The monoisotopic (exact) mass is 442 g/mol. The average Bonchev–Trinajstić information content (AvgIpc) is 2.77. The molecule has 31 heavy (non-hydrogen) atoms. The number of carbonyl (C=O) groups is 1. The lowest BCUT2D eigenvalue weighted by Gasteiger charge is -2.22. The summed E-state index contributed by atoms with van der Waals surface area (Å²) in [6.45, 7) is 1.78. The highest BCUT2D eigenvalue weighted by Crippen LogP contribution is 2.27. The maximum atomic E-state index is 13.7. The Labute approximate surface area is 181 Å². The summed E-state index contributed by atoms with van der Waals surface area (Å²) in [6.07, 6.45) is 0. The zero-order valence-electron chi connectivity index (χ0n) is 17.4. The highest BCUT2D eigenvalue weighted by atomic mass is 32.2. The second-order valence-corrected chi connectivity index (χ2v) is 8.89. The molecule has 0 heterocycles. The smallest absolute Gasteiger partial charge is 0.264 e. The number of amides is 1. The number of sulfonamides is 1. The minimum Gasteiger partial charge on any atom is -0.497 e. The molecular weight excluding hydrogens is 419 g/mol. The predicted octanol–water partition coefficient (Wildman–Crippen LogP) is 3.90. The third-order valence-electron chi connectivity index (χ3n) is 4.91. The Morgan fingerprint density at radius 1 is 1.06 bits per heavy atom. The number of aryl methyl sites for hydroxylation is 1. The van der Waals surface area contributed by atoms with Crippen LogP contribution in [0.4, 0.5) is 10.1 Å². The normalized spacial score (nSPS) is 11.1. The van der Waals surface area contributed by atoms with E-state index in [9.17, 15) is 17.6 Å². The minimum absolute atomic E-state index is 0.0536. The molecule has 0 atom stereocenters. The first-order valence-electron chi connectivity index (χ1n) is 9.49. The third-order valence-corrected chi connectivity index (χ3v) is 6.70. The number of hydrogen-bond acceptors (Lipinski definition) is 4. The number of nitrogens with zero attached hydrogens (tertiary/aromatic N) is 1. The molecule has 3 aromatic rings. The van der Waals surface area contributed by atoms with E-state index in [1.165, 1.54) is 36.7 Å². The molecule has 0 radical (unpaired) electrons. The lowest BCUT2D eigenvalue weighted by Crippen LogP contribution is -2.28. The highest BCUT2D eigenvalue weighted by Gasteiger charge is 2.23. The second-order valence-electron chi connectivity index (χ2n) is 6.92. The molecule has 162 valence electrons. The van der Waals surface area contributed by atoms with Gasteiger partial charge in [-0.15, -0.1) is 0 Å². The standard InChI is InChI=1S/C23H23FN2O4S/c1-16-14-17(23(27)25-15-18-6-4-5-7-21(18)24)8-13-22(16)26(2)31(28,29)20-11-9-19(30-3)10-12-20/h4-14H,15H2,1-3H3,(H,25,27). The van der Waals surface area contributed by atoms with E-state index in [1.54, 1.807) is 55.5 Å². The van der Waals surface area contributed by atoms with Crippen LogP contribution < -0.4 is 14.4 Å². The van der Waals surface area contributed by atoms with Crippen molar-refractivity contribution in [2.24, 2.45) is 0 Å². The fourth-order valence-electron chi connectivity index (χ4n) is 3.10. The van der Waals surface area contributed by atoms with Crippen molar-refractivity contribution in [1.29, 1.82) is 0 Å². The van der Waals surface area contributed by atoms with Crippen LogP contribution in [0.25, 0.3) is 0 Å². The van der Waals surface area contributed by atoms with Crippen molar-refractivity contribution in [3.8, 4) is 5.75 Å². The Balaban J connectivity index is 1.77. The Morgan fingerprint density at radius 3 is 2.35 bits per heavy atom. The van der Waals surface area contributed by atoms with E-state index in [0.717, 1.165) is 0 Å². The van der Waals surface area contributed by atoms with E-state index in [1.807, 2.05) is 0 Å². The molecule has 0 aliphatic carbocycles. The SMILES string of the molecule is COc1ccc(S(=O)(=O)N(C)c2ccc(C(=O)NCc3ccccc3F)cc2C)cc1. The Bertz CT molecular complexity index is 1190. The van der Waals surface area contributed by atoms with E-state index in [2.05, 4.69) is 5.32 Å². The van der Waals surface area contributed by atoms with Gasteiger partial charge in [0, 0.05) is 24.7 Å². The lowest BCUT2D eigenvalue weighted by atomic mass is 10.1. The van der Waals surface area contributed by atoms with Gasteiger partial charge in [0.1, 0.15) is 11.6 Å².